The zero-order chi connectivity index (χ0) is 20.8. The summed E-state index contributed by atoms with van der Waals surface area (Å²) in [6.45, 7) is 3.04. The van der Waals surface area contributed by atoms with E-state index < -0.39 is 0 Å². The van der Waals surface area contributed by atoms with Crippen LogP contribution in [0.3, 0.4) is 0 Å². The summed E-state index contributed by atoms with van der Waals surface area (Å²) in [6.07, 6.45) is 5.21. The van der Waals surface area contributed by atoms with Crippen molar-refractivity contribution in [2.45, 2.75) is 25.3 Å². The Morgan fingerprint density at radius 1 is 1.10 bits per heavy atom. The van der Waals surface area contributed by atoms with Gasteiger partial charge in [-0.1, -0.05) is 6.07 Å². The monoisotopic (exact) mass is 399 g/mol. The average Bonchev–Trinajstić information content (AvgIpc) is 2.77. The number of hydrogen-bond acceptors (Lipinski definition) is 7. The molecule has 1 atom stereocenters. The quantitative estimate of drug-likeness (QED) is 0.676. The van der Waals surface area contributed by atoms with Gasteiger partial charge in [0.15, 0.2) is 11.5 Å². The van der Waals surface area contributed by atoms with Crippen LogP contribution in [-0.4, -0.2) is 75.9 Å². The van der Waals surface area contributed by atoms with Crippen LogP contribution in [0.2, 0.25) is 0 Å². The van der Waals surface area contributed by atoms with Crippen molar-refractivity contribution in [1.82, 2.24) is 14.9 Å². The van der Waals surface area contributed by atoms with Crippen molar-refractivity contribution in [2.24, 2.45) is 0 Å². The SMILES string of the molecule is COc1ccc(CCN(C)C2CCCN(c3ccnc(N(C)C)n3)C2)cc1OC. The number of hydrogen-bond donors (Lipinski definition) is 0. The lowest BCUT2D eigenvalue weighted by Crippen LogP contribution is -2.47. The fourth-order valence-electron chi connectivity index (χ4n) is 3.78. The van der Waals surface area contributed by atoms with E-state index in [2.05, 4.69) is 34.0 Å². The molecule has 29 heavy (non-hydrogen) atoms. The molecule has 1 fully saturated rings. The molecular weight excluding hydrogens is 366 g/mol. The molecule has 1 aliphatic heterocycles. The summed E-state index contributed by atoms with van der Waals surface area (Å²) in [5.41, 5.74) is 1.26. The van der Waals surface area contributed by atoms with Crippen LogP contribution in [-0.2, 0) is 6.42 Å². The van der Waals surface area contributed by atoms with Crippen molar-refractivity contribution >= 4 is 11.8 Å². The zero-order valence-electron chi connectivity index (χ0n) is 18.3. The summed E-state index contributed by atoms with van der Waals surface area (Å²) in [5.74, 6) is 3.33. The average molecular weight is 400 g/mol. The molecule has 0 aliphatic carbocycles. The molecule has 0 spiro atoms. The summed E-state index contributed by atoms with van der Waals surface area (Å²) in [6, 6.07) is 8.70. The van der Waals surface area contributed by atoms with Crippen LogP contribution in [0, 0.1) is 0 Å². The highest BCUT2D eigenvalue weighted by Gasteiger charge is 2.24. The third-order valence-corrected chi connectivity index (χ3v) is 5.57. The third-order valence-electron chi connectivity index (χ3n) is 5.57. The Morgan fingerprint density at radius 3 is 2.62 bits per heavy atom. The number of rotatable bonds is 8. The van der Waals surface area contributed by atoms with Gasteiger partial charge in [0.25, 0.3) is 0 Å². The number of anilines is 2. The molecule has 0 radical (unpaired) electrons. The van der Waals surface area contributed by atoms with Crippen molar-refractivity contribution in [2.75, 3.05) is 64.8 Å². The third kappa shape index (κ3) is 5.29. The molecule has 1 aromatic heterocycles. The number of nitrogens with zero attached hydrogens (tertiary/aromatic N) is 5. The number of likely N-dealkylation sites (N-methyl/N-ethyl adjacent to an activating group) is 1. The fourth-order valence-corrected chi connectivity index (χ4v) is 3.78. The first kappa shape index (κ1) is 21.2. The Hall–Kier alpha value is -2.54. The summed E-state index contributed by atoms with van der Waals surface area (Å²) in [4.78, 5) is 15.8. The van der Waals surface area contributed by atoms with E-state index in [9.17, 15) is 0 Å². The van der Waals surface area contributed by atoms with Gasteiger partial charge in [0.2, 0.25) is 5.95 Å². The van der Waals surface area contributed by atoms with Gasteiger partial charge in [-0.05, 0) is 50.1 Å². The second kappa shape index (κ2) is 9.78. The Balaban J connectivity index is 1.60. The molecule has 7 heteroatoms. The normalized spacial score (nSPS) is 16.8. The van der Waals surface area contributed by atoms with Crippen LogP contribution in [0.25, 0.3) is 0 Å². The van der Waals surface area contributed by atoms with Gasteiger partial charge in [-0.15, -0.1) is 0 Å². The first-order valence-corrected chi connectivity index (χ1v) is 10.2. The van der Waals surface area contributed by atoms with E-state index in [1.807, 2.05) is 37.3 Å². The fraction of sp³-hybridized carbons (Fsp3) is 0.545. The van der Waals surface area contributed by atoms with E-state index in [1.54, 1.807) is 14.2 Å². The Bertz CT molecular complexity index is 799. The molecule has 0 bridgehead atoms. The van der Waals surface area contributed by atoms with Crippen molar-refractivity contribution in [3.63, 3.8) is 0 Å². The van der Waals surface area contributed by atoms with Gasteiger partial charge in [-0.25, -0.2) is 4.98 Å². The standard InChI is InChI=1S/C22H33N5O2/c1-25(2)22-23-12-10-21(24-22)27-13-6-7-18(16-27)26(3)14-11-17-8-9-19(28-4)20(15-17)29-5/h8-10,12,15,18H,6-7,11,13-14,16H2,1-5H3. The Kier molecular flexibility index (Phi) is 7.14. The highest BCUT2D eigenvalue weighted by Crippen LogP contribution is 2.28. The molecule has 1 aliphatic rings. The van der Waals surface area contributed by atoms with Crippen LogP contribution in [0.1, 0.15) is 18.4 Å². The summed E-state index contributed by atoms with van der Waals surface area (Å²) in [5, 5.41) is 0. The Morgan fingerprint density at radius 2 is 1.90 bits per heavy atom. The molecular formula is C22H33N5O2. The smallest absolute Gasteiger partial charge is 0.226 e. The van der Waals surface area contributed by atoms with Crippen molar-refractivity contribution in [3.05, 3.63) is 36.0 Å². The lowest BCUT2D eigenvalue weighted by Gasteiger charge is -2.38. The summed E-state index contributed by atoms with van der Waals surface area (Å²) >= 11 is 0. The van der Waals surface area contributed by atoms with E-state index in [0.717, 1.165) is 49.3 Å². The second-order valence-corrected chi connectivity index (χ2v) is 7.77. The van der Waals surface area contributed by atoms with Gasteiger partial charge in [0.1, 0.15) is 5.82 Å². The number of benzene rings is 1. The van der Waals surface area contributed by atoms with Crippen molar-refractivity contribution in [3.8, 4) is 11.5 Å². The number of aromatic nitrogens is 2. The molecule has 1 unspecified atom stereocenters. The summed E-state index contributed by atoms with van der Waals surface area (Å²) in [7, 11) is 9.51. The topological polar surface area (TPSA) is 54.0 Å². The van der Waals surface area contributed by atoms with E-state index in [-0.39, 0.29) is 0 Å². The van der Waals surface area contributed by atoms with Crippen LogP contribution in [0.4, 0.5) is 11.8 Å². The van der Waals surface area contributed by atoms with Crippen LogP contribution in [0.5, 0.6) is 11.5 Å². The maximum Gasteiger partial charge on any atom is 0.226 e. The van der Waals surface area contributed by atoms with Crippen molar-refractivity contribution in [1.29, 1.82) is 0 Å². The Labute approximate surface area is 174 Å². The maximum atomic E-state index is 5.43. The van der Waals surface area contributed by atoms with Gasteiger partial charge in [-0.2, -0.15) is 4.98 Å². The number of piperidine rings is 1. The predicted molar refractivity (Wildman–Crippen MR) is 117 cm³/mol. The maximum absolute atomic E-state index is 5.43. The van der Waals surface area contributed by atoms with E-state index in [0.29, 0.717) is 6.04 Å². The van der Waals surface area contributed by atoms with Crippen LogP contribution in [0.15, 0.2) is 30.5 Å². The first-order valence-electron chi connectivity index (χ1n) is 10.2. The van der Waals surface area contributed by atoms with Gasteiger partial charge in [-0.3, -0.25) is 0 Å². The van der Waals surface area contributed by atoms with Gasteiger partial charge in [0, 0.05) is 46.0 Å². The molecule has 3 rings (SSSR count). The molecule has 2 aromatic rings. The molecule has 158 valence electrons. The molecule has 2 heterocycles. The summed E-state index contributed by atoms with van der Waals surface area (Å²) < 4.78 is 10.8. The van der Waals surface area contributed by atoms with Crippen molar-refractivity contribution < 1.29 is 9.47 Å². The van der Waals surface area contributed by atoms with Gasteiger partial charge >= 0.3 is 0 Å². The number of methoxy groups -OCH3 is 2. The lowest BCUT2D eigenvalue weighted by atomic mass is 10.0. The largest absolute Gasteiger partial charge is 0.493 e. The lowest BCUT2D eigenvalue weighted by molar-refractivity contribution is 0.217. The highest BCUT2D eigenvalue weighted by molar-refractivity contribution is 5.44. The molecule has 0 saturated carbocycles. The number of ether oxygens (including phenoxy) is 2. The van der Waals surface area contributed by atoms with Gasteiger partial charge < -0.3 is 24.2 Å². The first-order chi connectivity index (χ1) is 14.0. The van der Waals surface area contributed by atoms with E-state index >= 15 is 0 Å². The van der Waals surface area contributed by atoms with E-state index in [4.69, 9.17) is 14.5 Å². The molecule has 0 N–H and O–H groups in total. The minimum atomic E-state index is 0.515. The minimum Gasteiger partial charge on any atom is -0.493 e. The molecule has 1 saturated heterocycles. The highest BCUT2D eigenvalue weighted by atomic mass is 16.5. The second-order valence-electron chi connectivity index (χ2n) is 7.77. The predicted octanol–water partition coefficient (Wildman–Crippen LogP) is 2.70. The van der Waals surface area contributed by atoms with Crippen LogP contribution < -0.4 is 19.3 Å². The molecule has 1 aromatic carbocycles. The van der Waals surface area contributed by atoms with Crippen LogP contribution >= 0.6 is 0 Å². The molecule has 0 amide bonds. The van der Waals surface area contributed by atoms with Gasteiger partial charge in [0.05, 0.1) is 14.2 Å². The van der Waals surface area contributed by atoms with E-state index in [1.165, 1.54) is 18.4 Å². The zero-order valence-corrected chi connectivity index (χ0v) is 18.3. The minimum absolute atomic E-state index is 0.515. The molecule has 7 nitrogen and oxygen atoms in total.